The molecule has 7 atom stereocenters. The van der Waals surface area contributed by atoms with Gasteiger partial charge in [-0.25, -0.2) is 9.69 Å². The van der Waals surface area contributed by atoms with E-state index in [0.29, 0.717) is 22.4 Å². The molecule has 2 N–H and O–H groups in total. The quantitative estimate of drug-likeness (QED) is 0.108. The molecular weight excluding hydrogens is 735 g/mol. The fourth-order valence-corrected chi connectivity index (χ4v) is 9.07. The summed E-state index contributed by atoms with van der Waals surface area (Å²) >= 11 is 0. The van der Waals surface area contributed by atoms with Crippen molar-refractivity contribution in [2.45, 2.75) is 42.6 Å². The normalized spacial score (nSPS) is 24.0. The number of aliphatic hydroxyl groups excluding tert-OH is 1. The van der Waals surface area contributed by atoms with E-state index in [1.165, 1.54) is 6.08 Å². The number of nitrogens with one attached hydrogen (secondary N) is 1. The molecule has 0 bridgehead atoms. The summed E-state index contributed by atoms with van der Waals surface area (Å²) in [7, 11) is 0. The minimum absolute atomic E-state index is 0.00641. The molecule has 1 spiro atoms. The fourth-order valence-electron chi connectivity index (χ4n) is 9.07. The van der Waals surface area contributed by atoms with Crippen LogP contribution in [0, 0.1) is 5.92 Å². The summed E-state index contributed by atoms with van der Waals surface area (Å²) in [6.45, 7) is 5.14. The van der Waals surface area contributed by atoms with Gasteiger partial charge >= 0.3 is 18.0 Å². The minimum Gasteiger partial charge on any atom is -0.491 e. The highest BCUT2D eigenvalue weighted by Gasteiger charge is 2.76. The number of para-hydroxylation sites is 1. The molecule has 8 rings (SSSR count). The summed E-state index contributed by atoms with van der Waals surface area (Å²) in [5.41, 5.74) is 1.56. The largest absolute Gasteiger partial charge is 0.491 e. The summed E-state index contributed by atoms with van der Waals surface area (Å²) in [5.74, 6) is -3.36. The summed E-state index contributed by atoms with van der Waals surface area (Å²) in [5, 5.41) is 12.7. The standard InChI is InChI=1S/C47H43N3O8/c1-3-27-57-43(52)38-40-44(53)58-41(33-20-11-6-12-21-33)39(32-18-9-5-10-19-32)50(40)42(34-22-15-23-35(29-34)56-28-26-51)47(38)36-24-13-14-25-37(36)49(45(47)54)46(55)48-30(2)31-16-7-4-8-17-31/h3-25,29-30,38-42,51H,1,26-28H2,2H3,(H,48,55)/t30-,38+,39+,40+,41-,42-,47+/m1/s1. The molecule has 11 nitrogen and oxygen atoms in total. The Kier molecular flexibility index (Phi) is 10.7. The number of rotatable bonds is 11. The Morgan fingerprint density at radius 1 is 0.845 bits per heavy atom. The first kappa shape index (κ1) is 38.3. The molecule has 3 amide bonds. The fraction of sp³-hybridized carbons (Fsp3) is 0.234. The van der Waals surface area contributed by atoms with Crippen molar-refractivity contribution >= 4 is 29.6 Å². The van der Waals surface area contributed by atoms with Crippen LogP contribution in [0.3, 0.4) is 0 Å². The van der Waals surface area contributed by atoms with E-state index in [0.717, 1.165) is 16.0 Å². The lowest BCUT2D eigenvalue weighted by atomic mass is 9.65. The van der Waals surface area contributed by atoms with Crippen LogP contribution in [0.15, 0.2) is 152 Å². The topological polar surface area (TPSA) is 135 Å². The maximum Gasteiger partial charge on any atom is 0.329 e. The number of fused-ring (bicyclic) bond motifs is 3. The van der Waals surface area contributed by atoms with Gasteiger partial charge in [-0.05, 0) is 52.9 Å². The van der Waals surface area contributed by atoms with Crippen molar-refractivity contribution in [2.24, 2.45) is 5.92 Å². The summed E-state index contributed by atoms with van der Waals surface area (Å²) in [6.07, 6.45) is 0.546. The molecule has 0 unspecified atom stereocenters. The van der Waals surface area contributed by atoms with Gasteiger partial charge in [-0.2, -0.15) is 0 Å². The van der Waals surface area contributed by atoms with Gasteiger partial charge in [0.05, 0.1) is 30.4 Å². The number of urea groups is 1. The SMILES string of the molecule is C=CCOC(=O)[C@@H]1[C@H]2C(=O)O[C@H](c3ccccc3)[C@H](c3ccccc3)N2[C@H](c2cccc(OCCO)c2)[C@@]12C(=O)N(C(=O)N[C@H](C)c1ccccc1)c1ccccc12. The number of benzene rings is 5. The molecule has 5 aromatic rings. The third kappa shape index (κ3) is 6.42. The van der Waals surface area contributed by atoms with Crippen molar-refractivity contribution in [2.75, 3.05) is 24.7 Å². The Labute approximate surface area is 336 Å². The Balaban J connectivity index is 1.40. The first-order valence-electron chi connectivity index (χ1n) is 19.3. The van der Waals surface area contributed by atoms with Crippen molar-refractivity contribution in [1.29, 1.82) is 0 Å². The van der Waals surface area contributed by atoms with Crippen molar-refractivity contribution in [3.63, 3.8) is 0 Å². The first-order chi connectivity index (χ1) is 28.3. The van der Waals surface area contributed by atoms with Crippen LogP contribution in [0.1, 0.15) is 59.0 Å². The number of carbonyl (C=O) groups is 4. The third-order valence-corrected chi connectivity index (χ3v) is 11.3. The van der Waals surface area contributed by atoms with Gasteiger partial charge in [0.1, 0.15) is 42.4 Å². The van der Waals surface area contributed by atoms with E-state index in [1.54, 1.807) is 42.5 Å². The zero-order valence-electron chi connectivity index (χ0n) is 31.8. The van der Waals surface area contributed by atoms with E-state index in [4.69, 9.17) is 14.2 Å². The van der Waals surface area contributed by atoms with E-state index in [1.807, 2.05) is 109 Å². The van der Waals surface area contributed by atoms with Crippen LogP contribution < -0.4 is 15.0 Å². The van der Waals surface area contributed by atoms with E-state index in [2.05, 4.69) is 11.9 Å². The molecule has 0 aliphatic carbocycles. The van der Waals surface area contributed by atoms with E-state index < -0.39 is 65.5 Å². The van der Waals surface area contributed by atoms with Gasteiger partial charge in [0.25, 0.3) is 0 Å². The number of amides is 3. The van der Waals surface area contributed by atoms with Crippen LogP contribution in [-0.2, 0) is 29.3 Å². The monoisotopic (exact) mass is 777 g/mol. The van der Waals surface area contributed by atoms with Gasteiger partial charge in [0.2, 0.25) is 5.91 Å². The number of cyclic esters (lactones) is 1. The zero-order chi connectivity index (χ0) is 40.4. The lowest BCUT2D eigenvalue weighted by Gasteiger charge is -2.46. The average Bonchev–Trinajstić information content (AvgIpc) is 3.72. The number of ether oxygens (including phenoxy) is 3. The maximum absolute atomic E-state index is 16.0. The molecule has 0 saturated carbocycles. The smallest absolute Gasteiger partial charge is 0.329 e. The van der Waals surface area contributed by atoms with Crippen LogP contribution in [0.2, 0.25) is 0 Å². The zero-order valence-corrected chi connectivity index (χ0v) is 31.8. The lowest BCUT2D eigenvalue weighted by Crippen LogP contribution is -2.54. The van der Waals surface area contributed by atoms with E-state index >= 15 is 4.79 Å². The molecule has 2 saturated heterocycles. The lowest BCUT2D eigenvalue weighted by molar-refractivity contribution is -0.180. The van der Waals surface area contributed by atoms with Crippen LogP contribution in [-0.4, -0.2) is 59.7 Å². The molecule has 11 heteroatoms. The van der Waals surface area contributed by atoms with Crippen LogP contribution in [0.5, 0.6) is 5.75 Å². The first-order valence-corrected chi connectivity index (χ1v) is 19.3. The number of esters is 2. The number of morpholine rings is 1. The highest BCUT2D eigenvalue weighted by molar-refractivity contribution is 6.24. The van der Waals surface area contributed by atoms with Gasteiger partial charge in [0.15, 0.2) is 0 Å². The molecule has 2 fully saturated rings. The number of anilines is 1. The van der Waals surface area contributed by atoms with Crippen molar-refractivity contribution < 1.29 is 38.5 Å². The van der Waals surface area contributed by atoms with Crippen molar-refractivity contribution in [3.8, 4) is 5.75 Å². The molecule has 5 aromatic carbocycles. The highest BCUT2D eigenvalue weighted by Crippen LogP contribution is 2.66. The number of imide groups is 1. The number of carbonyl (C=O) groups excluding carboxylic acids is 4. The van der Waals surface area contributed by atoms with Gasteiger partial charge < -0.3 is 24.6 Å². The number of hydrogen-bond acceptors (Lipinski definition) is 9. The molecule has 58 heavy (non-hydrogen) atoms. The second kappa shape index (κ2) is 16.1. The molecule has 3 aliphatic rings. The van der Waals surface area contributed by atoms with Crippen molar-refractivity contribution in [1.82, 2.24) is 10.2 Å². The number of aliphatic hydroxyl groups is 1. The molecule has 0 aromatic heterocycles. The van der Waals surface area contributed by atoms with Gasteiger partial charge in [-0.15, -0.1) is 0 Å². The Bertz CT molecular complexity index is 2320. The Morgan fingerprint density at radius 2 is 1.48 bits per heavy atom. The summed E-state index contributed by atoms with van der Waals surface area (Å²) < 4.78 is 18.2. The molecule has 3 heterocycles. The van der Waals surface area contributed by atoms with E-state index in [-0.39, 0.29) is 25.5 Å². The molecule has 0 radical (unpaired) electrons. The summed E-state index contributed by atoms with van der Waals surface area (Å²) in [6, 6.07) is 37.8. The van der Waals surface area contributed by atoms with Crippen molar-refractivity contribution in [3.05, 3.63) is 180 Å². The molecule has 3 aliphatic heterocycles. The molecular formula is C47H43N3O8. The van der Waals surface area contributed by atoms with Crippen LogP contribution in [0.25, 0.3) is 0 Å². The maximum atomic E-state index is 16.0. The summed E-state index contributed by atoms with van der Waals surface area (Å²) in [4.78, 5) is 63.5. The number of hydrogen-bond donors (Lipinski definition) is 2. The van der Waals surface area contributed by atoms with Crippen LogP contribution in [0.4, 0.5) is 10.5 Å². The predicted octanol–water partition coefficient (Wildman–Crippen LogP) is 6.92. The van der Waals surface area contributed by atoms with Gasteiger partial charge in [-0.3, -0.25) is 19.3 Å². The number of nitrogens with zero attached hydrogens (tertiary/aromatic N) is 2. The molecule has 294 valence electrons. The Hall–Kier alpha value is -6.56. The van der Waals surface area contributed by atoms with Gasteiger partial charge in [-0.1, -0.05) is 134 Å². The Morgan fingerprint density at radius 3 is 2.17 bits per heavy atom. The third-order valence-electron chi connectivity index (χ3n) is 11.3. The minimum atomic E-state index is -1.93. The van der Waals surface area contributed by atoms with E-state index in [9.17, 15) is 19.5 Å². The van der Waals surface area contributed by atoms with Crippen LogP contribution >= 0.6 is 0 Å². The second-order valence-corrected chi connectivity index (χ2v) is 14.6. The second-order valence-electron chi connectivity index (χ2n) is 14.6. The predicted molar refractivity (Wildman–Crippen MR) is 215 cm³/mol. The highest BCUT2D eigenvalue weighted by atomic mass is 16.6. The average molecular weight is 778 g/mol. The van der Waals surface area contributed by atoms with Gasteiger partial charge in [0, 0.05) is 0 Å².